The van der Waals surface area contributed by atoms with Gasteiger partial charge in [0, 0.05) is 34.4 Å². The number of anilines is 3. The van der Waals surface area contributed by atoms with E-state index in [1.54, 1.807) is 42.5 Å². The lowest BCUT2D eigenvalue weighted by Gasteiger charge is -2.08. The zero-order valence-corrected chi connectivity index (χ0v) is 13.9. The van der Waals surface area contributed by atoms with Gasteiger partial charge in [-0.15, -0.1) is 0 Å². The van der Waals surface area contributed by atoms with Gasteiger partial charge in [-0.25, -0.2) is 9.97 Å². The number of nitrogens with zero attached hydrogens (tertiary/aromatic N) is 2. The van der Waals surface area contributed by atoms with Gasteiger partial charge < -0.3 is 15.7 Å². The second kappa shape index (κ2) is 7.00. The van der Waals surface area contributed by atoms with Gasteiger partial charge in [-0.3, -0.25) is 4.79 Å². The zero-order chi connectivity index (χ0) is 17.8. The number of aryl methyl sites for hydroxylation is 2. The first-order valence-electron chi connectivity index (χ1n) is 7.79. The summed E-state index contributed by atoms with van der Waals surface area (Å²) >= 11 is 0. The van der Waals surface area contributed by atoms with Gasteiger partial charge in [0.05, 0.1) is 0 Å². The predicted octanol–water partition coefficient (Wildman–Crippen LogP) is 3.79. The van der Waals surface area contributed by atoms with Crippen LogP contribution in [0, 0.1) is 13.8 Å². The molecule has 0 aliphatic heterocycles. The molecule has 2 aromatic carbocycles. The molecule has 0 saturated heterocycles. The number of carbonyl (C=O) groups is 1. The molecule has 6 nitrogen and oxygen atoms in total. The van der Waals surface area contributed by atoms with E-state index in [9.17, 15) is 9.90 Å². The smallest absolute Gasteiger partial charge is 0.255 e. The Kier molecular flexibility index (Phi) is 4.61. The quantitative estimate of drug-likeness (QED) is 0.675. The molecule has 0 aliphatic carbocycles. The maximum Gasteiger partial charge on any atom is 0.255 e. The fraction of sp³-hybridized carbons (Fsp3) is 0.105. The molecule has 0 bridgehead atoms. The molecule has 0 fully saturated rings. The number of rotatable bonds is 4. The number of phenolic OH excluding ortho intramolecular Hbond substituents is 1. The number of amides is 1. The summed E-state index contributed by atoms with van der Waals surface area (Å²) in [6.07, 6.45) is 0. The first kappa shape index (κ1) is 16.4. The van der Waals surface area contributed by atoms with Crippen molar-refractivity contribution in [3.05, 3.63) is 71.5 Å². The second-order valence-electron chi connectivity index (χ2n) is 5.68. The van der Waals surface area contributed by atoms with E-state index in [1.807, 2.05) is 19.9 Å². The van der Waals surface area contributed by atoms with Crippen molar-refractivity contribution < 1.29 is 9.90 Å². The molecule has 0 atom stereocenters. The van der Waals surface area contributed by atoms with Crippen molar-refractivity contribution in [1.29, 1.82) is 0 Å². The minimum atomic E-state index is -0.250. The lowest BCUT2D eigenvalue weighted by atomic mass is 10.2. The van der Waals surface area contributed by atoms with Crippen LogP contribution in [0.5, 0.6) is 5.75 Å². The first-order chi connectivity index (χ1) is 12.0. The highest BCUT2D eigenvalue weighted by atomic mass is 16.3. The summed E-state index contributed by atoms with van der Waals surface area (Å²) in [6.45, 7) is 3.82. The molecule has 0 spiro atoms. The molecule has 6 heteroatoms. The fourth-order valence-corrected chi connectivity index (χ4v) is 2.40. The Morgan fingerprint density at radius 3 is 2.24 bits per heavy atom. The summed E-state index contributed by atoms with van der Waals surface area (Å²) in [7, 11) is 0. The van der Waals surface area contributed by atoms with Crippen LogP contribution in [0.2, 0.25) is 0 Å². The molecule has 3 N–H and O–H groups in total. The van der Waals surface area contributed by atoms with Crippen molar-refractivity contribution in [2.45, 2.75) is 13.8 Å². The lowest BCUT2D eigenvalue weighted by Crippen LogP contribution is -2.11. The van der Waals surface area contributed by atoms with Gasteiger partial charge in [0.25, 0.3) is 5.91 Å². The third kappa shape index (κ3) is 4.32. The van der Waals surface area contributed by atoms with Crippen LogP contribution in [0.4, 0.5) is 17.3 Å². The highest BCUT2D eigenvalue weighted by molar-refractivity contribution is 6.04. The van der Waals surface area contributed by atoms with Crippen LogP contribution in [0.3, 0.4) is 0 Å². The van der Waals surface area contributed by atoms with Crippen LogP contribution < -0.4 is 10.6 Å². The molecule has 3 aromatic rings. The molecular weight excluding hydrogens is 316 g/mol. The standard InChI is InChI=1S/C19H18N4O2/c1-12-10-13(2)21-19(20-12)23-15-8-6-14(7-9-15)18(25)22-16-4-3-5-17(24)11-16/h3-11,24H,1-2H3,(H,22,25)(H,20,21,23). The summed E-state index contributed by atoms with van der Waals surface area (Å²) < 4.78 is 0. The Labute approximate surface area is 145 Å². The van der Waals surface area contributed by atoms with Gasteiger partial charge >= 0.3 is 0 Å². The van der Waals surface area contributed by atoms with Crippen LogP contribution in [0.15, 0.2) is 54.6 Å². The van der Waals surface area contributed by atoms with E-state index in [0.717, 1.165) is 17.1 Å². The normalized spacial score (nSPS) is 10.3. The van der Waals surface area contributed by atoms with Gasteiger partial charge in [0.15, 0.2) is 0 Å². The Hall–Kier alpha value is -3.41. The number of aromatic hydroxyl groups is 1. The van der Waals surface area contributed by atoms with E-state index in [0.29, 0.717) is 17.2 Å². The molecule has 0 saturated carbocycles. The average molecular weight is 334 g/mol. The van der Waals surface area contributed by atoms with E-state index < -0.39 is 0 Å². The zero-order valence-electron chi connectivity index (χ0n) is 13.9. The van der Waals surface area contributed by atoms with Crippen molar-refractivity contribution >= 4 is 23.2 Å². The number of hydrogen-bond acceptors (Lipinski definition) is 5. The molecule has 1 heterocycles. The number of phenols is 1. The molecule has 3 rings (SSSR count). The van der Waals surface area contributed by atoms with Crippen molar-refractivity contribution in [2.24, 2.45) is 0 Å². The fourth-order valence-electron chi connectivity index (χ4n) is 2.40. The topological polar surface area (TPSA) is 87.1 Å². The predicted molar refractivity (Wildman–Crippen MR) is 97.3 cm³/mol. The molecule has 0 aliphatic rings. The van der Waals surface area contributed by atoms with Crippen molar-refractivity contribution in [2.75, 3.05) is 10.6 Å². The molecule has 1 amide bonds. The lowest BCUT2D eigenvalue weighted by molar-refractivity contribution is 0.102. The Balaban J connectivity index is 1.70. The van der Waals surface area contributed by atoms with Crippen LogP contribution >= 0.6 is 0 Å². The SMILES string of the molecule is Cc1cc(C)nc(Nc2ccc(C(=O)Nc3cccc(O)c3)cc2)n1. The van der Waals surface area contributed by atoms with E-state index in [2.05, 4.69) is 20.6 Å². The number of aromatic nitrogens is 2. The van der Waals surface area contributed by atoms with E-state index in [-0.39, 0.29) is 11.7 Å². The second-order valence-corrected chi connectivity index (χ2v) is 5.68. The third-order valence-electron chi connectivity index (χ3n) is 3.49. The summed E-state index contributed by atoms with van der Waals surface area (Å²) in [5.41, 5.74) is 3.61. The summed E-state index contributed by atoms with van der Waals surface area (Å²) in [4.78, 5) is 20.9. The number of nitrogens with one attached hydrogen (secondary N) is 2. The Morgan fingerprint density at radius 1 is 0.920 bits per heavy atom. The maximum absolute atomic E-state index is 12.2. The summed E-state index contributed by atoms with van der Waals surface area (Å²) in [5, 5.41) is 15.3. The molecule has 0 radical (unpaired) electrons. The van der Waals surface area contributed by atoms with Gasteiger partial charge in [-0.1, -0.05) is 6.07 Å². The van der Waals surface area contributed by atoms with Gasteiger partial charge in [0.2, 0.25) is 5.95 Å². The highest BCUT2D eigenvalue weighted by Crippen LogP contribution is 2.18. The van der Waals surface area contributed by atoms with Crippen molar-refractivity contribution in [1.82, 2.24) is 9.97 Å². The van der Waals surface area contributed by atoms with E-state index >= 15 is 0 Å². The van der Waals surface area contributed by atoms with E-state index in [1.165, 1.54) is 6.07 Å². The Morgan fingerprint density at radius 2 is 1.60 bits per heavy atom. The van der Waals surface area contributed by atoms with E-state index in [4.69, 9.17) is 0 Å². The van der Waals surface area contributed by atoms with Crippen LogP contribution in [-0.2, 0) is 0 Å². The number of benzene rings is 2. The maximum atomic E-state index is 12.2. The monoisotopic (exact) mass is 334 g/mol. The number of carbonyl (C=O) groups excluding carboxylic acids is 1. The average Bonchev–Trinajstić information content (AvgIpc) is 2.54. The molecule has 25 heavy (non-hydrogen) atoms. The largest absolute Gasteiger partial charge is 0.508 e. The minimum Gasteiger partial charge on any atom is -0.508 e. The highest BCUT2D eigenvalue weighted by Gasteiger charge is 2.07. The van der Waals surface area contributed by atoms with Crippen LogP contribution in [0.1, 0.15) is 21.7 Å². The van der Waals surface area contributed by atoms with Crippen LogP contribution in [-0.4, -0.2) is 21.0 Å². The van der Waals surface area contributed by atoms with Gasteiger partial charge in [-0.05, 0) is 56.3 Å². The third-order valence-corrected chi connectivity index (χ3v) is 3.49. The van der Waals surface area contributed by atoms with Crippen molar-refractivity contribution in [3.8, 4) is 5.75 Å². The van der Waals surface area contributed by atoms with Gasteiger partial charge in [0.1, 0.15) is 5.75 Å². The van der Waals surface area contributed by atoms with Crippen LogP contribution in [0.25, 0.3) is 0 Å². The first-order valence-corrected chi connectivity index (χ1v) is 7.79. The summed E-state index contributed by atoms with van der Waals surface area (Å²) in [6, 6.07) is 15.3. The van der Waals surface area contributed by atoms with Crippen molar-refractivity contribution in [3.63, 3.8) is 0 Å². The summed E-state index contributed by atoms with van der Waals surface area (Å²) in [5.74, 6) is 0.375. The molecular formula is C19H18N4O2. The molecule has 1 aromatic heterocycles. The molecule has 126 valence electrons. The molecule has 0 unspecified atom stereocenters. The minimum absolute atomic E-state index is 0.103. The number of hydrogen-bond donors (Lipinski definition) is 3. The van der Waals surface area contributed by atoms with Gasteiger partial charge in [-0.2, -0.15) is 0 Å². The Bertz CT molecular complexity index is 887.